The third-order valence-electron chi connectivity index (χ3n) is 7.93. The van der Waals surface area contributed by atoms with Gasteiger partial charge in [-0.25, -0.2) is 0 Å². The first kappa shape index (κ1) is 21.8. The van der Waals surface area contributed by atoms with Crippen molar-refractivity contribution in [3.05, 3.63) is 41.5 Å². The van der Waals surface area contributed by atoms with Crippen LogP contribution in [-0.4, -0.2) is 48.4 Å². The lowest BCUT2D eigenvalue weighted by Gasteiger charge is -2.62. The zero-order valence-electron chi connectivity index (χ0n) is 18.2. The van der Waals surface area contributed by atoms with Crippen LogP contribution in [0.25, 0.3) is 0 Å². The van der Waals surface area contributed by atoms with Crippen molar-refractivity contribution in [3.63, 3.8) is 0 Å². The van der Waals surface area contributed by atoms with Crippen molar-refractivity contribution in [1.82, 2.24) is 4.90 Å². The molecule has 3 fully saturated rings. The Morgan fingerprint density at radius 1 is 1.27 bits per heavy atom. The van der Waals surface area contributed by atoms with Gasteiger partial charge in [0.25, 0.3) is 10.1 Å². The molecule has 3 aliphatic carbocycles. The van der Waals surface area contributed by atoms with E-state index < -0.39 is 10.1 Å². The first-order chi connectivity index (χ1) is 14.1. The number of allylic oxidation sites excluding steroid dienone is 1. The molecule has 30 heavy (non-hydrogen) atoms. The summed E-state index contributed by atoms with van der Waals surface area (Å²) in [5, 5.41) is 10.2. The largest absolute Gasteiger partial charge is 0.508 e. The molecule has 5 rings (SSSR count). The van der Waals surface area contributed by atoms with Gasteiger partial charge in [-0.1, -0.05) is 31.6 Å². The standard InChI is InChI=1S/C23H31NO.CH4O3S/c1-15-10-16(2)22-21-11-18-6-7-19(25)12-20(18)23(22,13-15)8-9-24(21)14-17-4-3-5-17;1-5(2,3)4/h6-7,12,16-17,21-22,25H,1,3-5,8-11,13-14H2,2H3;1H3,(H,2,3,4)/t16-,21+,22-,23?;/m0./s1. The Balaban J connectivity index is 0.000000393. The molecule has 2 N–H and O–H groups in total. The van der Waals surface area contributed by atoms with E-state index in [1.165, 1.54) is 68.3 Å². The Morgan fingerprint density at radius 3 is 2.60 bits per heavy atom. The second-order valence-electron chi connectivity index (χ2n) is 10.2. The third-order valence-corrected chi connectivity index (χ3v) is 7.93. The maximum absolute atomic E-state index is 10.2. The highest BCUT2D eigenvalue weighted by Crippen LogP contribution is 2.59. The van der Waals surface area contributed by atoms with Crippen LogP contribution in [0, 0.1) is 17.8 Å². The fourth-order valence-electron chi connectivity index (χ4n) is 6.83. The van der Waals surface area contributed by atoms with Gasteiger partial charge in [0.05, 0.1) is 6.26 Å². The Kier molecular flexibility index (Phi) is 5.79. The molecule has 166 valence electrons. The van der Waals surface area contributed by atoms with E-state index in [1.807, 2.05) is 6.07 Å². The highest BCUT2D eigenvalue weighted by Gasteiger charge is 2.56. The van der Waals surface area contributed by atoms with Crippen LogP contribution in [0.4, 0.5) is 0 Å². The molecule has 1 heterocycles. The van der Waals surface area contributed by atoms with Crippen LogP contribution < -0.4 is 0 Å². The number of rotatable bonds is 2. The Morgan fingerprint density at radius 2 is 1.97 bits per heavy atom. The molecule has 1 saturated heterocycles. The lowest BCUT2D eigenvalue weighted by atomic mass is 9.49. The van der Waals surface area contributed by atoms with Gasteiger partial charge in [-0.05, 0) is 86.1 Å². The van der Waals surface area contributed by atoms with Crippen molar-refractivity contribution in [2.75, 3.05) is 19.3 Å². The van der Waals surface area contributed by atoms with E-state index in [-0.39, 0.29) is 5.41 Å². The van der Waals surface area contributed by atoms with Crippen molar-refractivity contribution in [2.24, 2.45) is 17.8 Å². The first-order valence-electron chi connectivity index (χ1n) is 11.2. The fourth-order valence-corrected chi connectivity index (χ4v) is 6.83. The minimum atomic E-state index is -3.67. The van der Waals surface area contributed by atoms with Crippen LogP contribution in [-0.2, 0) is 22.0 Å². The molecule has 0 aromatic heterocycles. The summed E-state index contributed by atoms with van der Waals surface area (Å²) >= 11 is 0. The minimum absolute atomic E-state index is 0.224. The highest BCUT2D eigenvalue weighted by atomic mass is 32.2. The summed E-state index contributed by atoms with van der Waals surface area (Å²) in [5.74, 6) is 2.81. The number of piperidine rings is 1. The van der Waals surface area contributed by atoms with Gasteiger partial charge in [0.1, 0.15) is 5.75 Å². The minimum Gasteiger partial charge on any atom is -0.508 e. The molecule has 0 spiro atoms. The van der Waals surface area contributed by atoms with E-state index >= 15 is 0 Å². The molecule has 1 aliphatic heterocycles. The van der Waals surface area contributed by atoms with Gasteiger partial charge in [0.15, 0.2) is 0 Å². The van der Waals surface area contributed by atoms with Gasteiger partial charge < -0.3 is 5.11 Å². The molecular formula is C24H35NO4S. The number of phenolic OH excluding ortho intramolecular Hbond substituents is 1. The number of fused-ring (bicyclic) bond motifs is 1. The van der Waals surface area contributed by atoms with Crippen LogP contribution in [0.3, 0.4) is 0 Å². The van der Waals surface area contributed by atoms with Crippen LogP contribution in [0.15, 0.2) is 30.4 Å². The zero-order valence-corrected chi connectivity index (χ0v) is 19.0. The van der Waals surface area contributed by atoms with Crippen molar-refractivity contribution < 1.29 is 18.1 Å². The van der Waals surface area contributed by atoms with E-state index in [2.05, 4.69) is 30.5 Å². The Bertz CT molecular complexity index is 915. The SMILES string of the molecule is C=C1C[C@H](C)[C@H]2[C@H]3Cc4ccc(O)cc4C2(CCN3CC2CCC2)C1.CS(=O)(=O)O. The van der Waals surface area contributed by atoms with Gasteiger partial charge in [-0.3, -0.25) is 9.45 Å². The van der Waals surface area contributed by atoms with Crippen molar-refractivity contribution in [1.29, 1.82) is 0 Å². The normalized spacial score (nSPS) is 33.6. The Labute approximate surface area is 180 Å². The third kappa shape index (κ3) is 4.19. The summed E-state index contributed by atoms with van der Waals surface area (Å²) in [4.78, 5) is 2.85. The molecule has 4 aliphatic rings. The summed E-state index contributed by atoms with van der Waals surface area (Å²) in [6.07, 6.45) is 9.76. The number of hydrogen-bond donors (Lipinski definition) is 2. The second kappa shape index (κ2) is 7.95. The maximum atomic E-state index is 10.2. The lowest BCUT2D eigenvalue weighted by Crippen LogP contribution is -2.63. The monoisotopic (exact) mass is 433 g/mol. The molecule has 0 radical (unpaired) electrons. The van der Waals surface area contributed by atoms with Gasteiger partial charge in [0.2, 0.25) is 0 Å². The quantitative estimate of drug-likeness (QED) is 0.541. The van der Waals surface area contributed by atoms with E-state index in [4.69, 9.17) is 4.55 Å². The maximum Gasteiger partial charge on any atom is 0.261 e. The van der Waals surface area contributed by atoms with Crippen LogP contribution >= 0.6 is 0 Å². The van der Waals surface area contributed by atoms with Crippen LogP contribution in [0.2, 0.25) is 0 Å². The fraction of sp³-hybridized carbons (Fsp3) is 0.667. The van der Waals surface area contributed by atoms with E-state index in [1.54, 1.807) is 0 Å². The van der Waals surface area contributed by atoms with E-state index in [9.17, 15) is 13.5 Å². The summed E-state index contributed by atoms with van der Waals surface area (Å²) in [6.45, 7) is 9.41. The molecule has 1 aromatic rings. The summed E-state index contributed by atoms with van der Waals surface area (Å²) < 4.78 is 25.9. The van der Waals surface area contributed by atoms with E-state index in [0.29, 0.717) is 24.0 Å². The second-order valence-corrected chi connectivity index (χ2v) is 11.6. The van der Waals surface area contributed by atoms with Gasteiger partial charge >= 0.3 is 0 Å². The molecule has 6 heteroatoms. The van der Waals surface area contributed by atoms with Gasteiger partial charge in [-0.2, -0.15) is 8.42 Å². The number of nitrogens with zero attached hydrogens (tertiary/aromatic N) is 1. The van der Waals surface area contributed by atoms with Crippen molar-refractivity contribution in [2.45, 2.75) is 63.3 Å². The molecule has 1 aromatic carbocycles. The Hall–Kier alpha value is -1.37. The summed E-state index contributed by atoms with van der Waals surface area (Å²) in [5.41, 5.74) is 4.58. The average molecular weight is 434 g/mol. The number of likely N-dealkylation sites (tertiary alicyclic amines) is 1. The highest BCUT2D eigenvalue weighted by molar-refractivity contribution is 7.85. The molecular weight excluding hydrogens is 398 g/mol. The number of hydrogen-bond acceptors (Lipinski definition) is 4. The zero-order chi connectivity index (χ0) is 21.7. The van der Waals surface area contributed by atoms with Crippen molar-refractivity contribution >= 4 is 10.1 Å². The molecule has 4 atom stereocenters. The predicted octanol–water partition coefficient (Wildman–Crippen LogP) is 4.17. The molecule has 5 nitrogen and oxygen atoms in total. The summed E-state index contributed by atoms with van der Waals surface area (Å²) in [7, 11) is -3.67. The number of aromatic hydroxyl groups is 1. The van der Waals surface area contributed by atoms with Crippen LogP contribution in [0.1, 0.15) is 56.6 Å². The molecule has 2 bridgehead atoms. The smallest absolute Gasteiger partial charge is 0.261 e. The van der Waals surface area contributed by atoms with Gasteiger partial charge in [-0.15, -0.1) is 0 Å². The summed E-state index contributed by atoms with van der Waals surface area (Å²) in [6, 6.07) is 6.87. The number of phenols is 1. The number of benzene rings is 1. The molecule has 0 amide bonds. The predicted molar refractivity (Wildman–Crippen MR) is 119 cm³/mol. The first-order valence-corrected chi connectivity index (χ1v) is 13.1. The van der Waals surface area contributed by atoms with E-state index in [0.717, 1.165) is 18.3 Å². The van der Waals surface area contributed by atoms with Gasteiger partial charge in [0, 0.05) is 18.0 Å². The molecule has 1 unspecified atom stereocenters. The van der Waals surface area contributed by atoms with Crippen LogP contribution in [0.5, 0.6) is 5.75 Å². The molecule has 2 saturated carbocycles. The van der Waals surface area contributed by atoms with Crippen molar-refractivity contribution in [3.8, 4) is 5.75 Å². The average Bonchev–Trinajstić information content (AvgIpc) is 2.58. The topological polar surface area (TPSA) is 77.8 Å². The lowest BCUT2D eigenvalue weighted by molar-refractivity contribution is -0.0376.